The first-order valence-electron chi connectivity index (χ1n) is 5.00. The Balaban J connectivity index is 2.60. The van der Waals surface area contributed by atoms with Crippen LogP contribution in [0.4, 0.5) is 0 Å². The van der Waals surface area contributed by atoms with E-state index in [1.807, 2.05) is 25.1 Å². The summed E-state index contributed by atoms with van der Waals surface area (Å²) in [6, 6.07) is 9.19. The third kappa shape index (κ3) is 2.56. The second kappa shape index (κ2) is 4.98. The molecule has 2 nitrogen and oxygen atoms in total. The lowest BCUT2D eigenvalue weighted by Crippen LogP contribution is -1.91. The Morgan fingerprint density at radius 1 is 1.29 bits per heavy atom. The van der Waals surface area contributed by atoms with Crippen LogP contribution >= 0.6 is 27.5 Å². The predicted molar refractivity (Wildman–Crippen MR) is 72.5 cm³/mol. The van der Waals surface area contributed by atoms with Crippen LogP contribution < -0.4 is 0 Å². The van der Waals surface area contributed by atoms with E-state index in [0.717, 1.165) is 27.6 Å². The van der Waals surface area contributed by atoms with Gasteiger partial charge in [-0.2, -0.15) is 0 Å². The molecule has 0 fully saturated rings. The summed E-state index contributed by atoms with van der Waals surface area (Å²) in [5.74, 6) is 0. The van der Waals surface area contributed by atoms with Crippen molar-refractivity contribution in [2.45, 2.75) is 6.92 Å². The summed E-state index contributed by atoms with van der Waals surface area (Å²) in [5, 5.41) is 0.446. The smallest absolute Gasteiger partial charge is 0.151 e. The first-order chi connectivity index (χ1) is 8.11. The average molecular weight is 311 g/mol. The number of benzene rings is 1. The number of hydrogen-bond donors (Lipinski definition) is 0. The number of halogens is 2. The van der Waals surface area contributed by atoms with Gasteiger partial charge in [0.05, 0.1) is 5.69 Å². The van der Waals surface area contributed by atoms with Gasteiger partial charge in [0.2, 0.25) is 0 Å². The maximum Gasteiger partial charge on any atom is 0.151 e. The summed E-state index contributed by atoms with van der Waals surface area (Å²) in [5.41, 5.74) is 3.31. The number of aryl methyl sites for hydroxylation is 1. The van der Waals surface area contributed by atoms with Crippen LogP contribution in [0, 0.1) is 6.92 Å². The number of hydrogen-bond acceptors (Lipinski definition) is 2. The van der Waals surface area contributed by atoms with E-state index in [1.165, 1.54) is 0 Å². The largest absolute Gasteiger partial charge is 0.298 e. The molecule has 1 aromatic heterocycles. The normalized spacial score (nSPS) is 10.3. The molecule has 1 heterocycles. The van der Waals surface area contributed by atoms with E-state index in [2.05, 4.69) is 20.9 Å². The molecule has 0 saturated heterocycles. The molecule has 0 amide bonds. The third-order valence-corrected chi connectivity index (χ3v) is 3.39. The lowest BCUT2D eigenvalue weighted by molar-refractivity contribution is 0.112. The van der Waals surface area contributed by atoms with Gasteiger partial charge in [-0.3, -0.25) is 4.79 Å². The van der Waals surface area contributed by atoms with Gasteiger partial charge in [0, 0.05) is 15.6 Å². The number of carbonyl (C=O) groups is 1. The highest BCUT2D eigenvalue weighted by atomic mass is 79.9. The number of nitrogens with zero attached hydrogens (tertiary/aromatic N) is 1. The van der Waals surface area contributed by atoms with Gasteiger partial charge in [0.15, 0.2) is 6.29 Å². The monoisotopic (exact) mass is 309 g/mol. The highest BCUT2D eigenvalue weighted by Gasteiger charge is 2.07. The standard InChI is InChI=1S/C13H9BrClNO/c1-8-2-5-12(15)16-13(8)9-3-4-11(14)10(6-9)7-17/h2-7H,1H3. The summed E-state index contributed by atoms with van der Waals surface area (Å²) in [6.07, 6.45) is 0.813. The fourth-order valence-electron chi connectivity index (χ4n) is 1.58. The number of pyridine rings is 1. The molecule has 0 spiro atoms. The summed E-state index contributed by atoms with van der Waals surface area (Å²) < 4.78 is 0.774. The third-order valence-electron chi connectivity index (χ3n) is 2.46. The van der Waals surface area contributed by atoms with Gasteiger partial charge in [0.25, 0.3) is 0 Å². The molecule has 2 aromatic rings. The van der Waals surface area contributed by atoms with Crippen LogP contribution in [0.5, 0.6) is 0 Å². The first kappa shape index (κ1) is 12.3. The molecule has 4 heteroatoms. The molecule has 2 rings (SSSR count). The van der Waals surface area contributed by atoms with Gasteiger partial charge >= 0.3 is 0 Å². The van der Waals surface area contributed by atoms with Gasteiger partial charge < -0.3 is 0 Å². The Hall–Kier alpha value is -1.19. The van der Waals surface area contributed by atoms with Crippen LogP contribution in [0.25, 0.3) is 11.3 Å². The molecule has 17 heavy (non-hydrogen) atoms. The van der Waals surface area contributed by atoms with Crippen LogP contribution in [0.2, 0.25) is 5.15 Å². The fourth-order valence-corrected chi connectivity index (χ4v) is 2.07. The lowest BCUT2D eigenvalue weighted by Gasteiger charge is -2.07. The van der Waals surface area contributed by atoms with E-state index in [-0.39, 0.29) is 0 Å². The van der Waals surface area contributed by atoms with Crippen LogP contribution in [-0.2, 0) is 0 Å². The summed E-state index contributed by atoms with van der Waals surface area (Å²) >= 11 is 9.20. The molecule has 0 aliphatic carbocycles. The van der Waals surface area contributed by atoms with E-state index in [9.17, 15) is 4.79 Å². The van der Waals surface area contributed by atoms with Crippen molar-refractivity contribution < 1.29 is 4.79 Å². The Labute approximate surface area is 113 Å². The Morgan fingerprint density at radius 2 is 2.06 bits per heavy atom. The molecule has 0 N–H and O–H groups in total. The van der Waals surface area contributed by atoms with Crippen molar-refractivity contribution in [1.82, 2.24) is 4.98 Å². The van der Waals surface area contributed by atoms with E-state index >= 15 is 0 Å². The molecular weight excluding hydrogens is 302 g/mol. The van der Waals surface area contributed by atoms with Crippen LogP contribution in [-0.4, -0.2) is 11.3 Å². The van der Waals surface area contributed by atoms with E-state index in [1.54, 1.807) is 12.1 Å². The molecule has 0 aliphatic rings. The van der Waals surface area contributed by atoms with E-state index in [0.29, 0.717) is 10.7 Å². The molecule has 0 unspecified atom stereocenters. The minimum Gasteiger partial charge on any atom is -0.298 e. The molecule has 0 atom stereocenters. The van der Waals surface area contributed by atoms with Gasteiger partial charge in [-0.05, 0) is 30.7 Å². The molecular formula is C13H9BrClNO. The van der Waals surface area contributed by atoms with Crippen molar-refractivity contribution in [2.24, 2.45) is 0 Å². The Kier molecular flexibility index (Phi) is 3.60. The summed E-state index contributed by atoms with van der Waals surface area (Å²) in [7, 11) is 0. The van der Waals surface area contributed by atoms with Crippen molar-refractivity contribution in [3.05, 3.63) is 51.1 Å². The fraction of sp³-hybridized carbons (Fsp3) is 0.0769. The minimum absolute atomic E-state index is 0.446. The second-order valence-electron chi connectivity index (χ2n) is 3.65. The number of aromatic nitrogens is 1. The quantitative estimate of drug-likeness (QED) is 0.612. The first-order valence-corrected chi connectivity index (χ1v) is 6.17. The number of aldehydes is 1. The van der Waals surface area contributed by atoms with Crippen LogP contribution in [0.3, 0.4) is 0 Å². The predicted octanol–water partition coefficient (Wildman–Crippen LogP) is 4.29. The maximum absolute atomic E-state index is 10.9. The molecule has 0 radical (unpaired) electrons. The zero-order valence-corrected chi connectivity index (χ0v) is 11.4. The second-order valence-corrected chi connectivity index (χ2v) is 4.90. The SMILES string of the molecule is Cc1ccc(Cl)nc1-c1ccc(Br)c(C=O)c1. The van der Waals surface area contributed by atoms with Crippen LogP contribution in [0.1, 0.15) is 15.9 Å². The summed E-state index contributed by atoms with van der Waals surface area (Å²) in [4.78, 5) is 15.2. The zero-order chi connectivity index (χ0) is 12.4. The maximum atomic E-state index is 10.9. The number of rotatable bonds is 2. The van der Waals surface area contributed by atoms with E-state index < -0.39 is 0 Å². The zero-order valence-electron chi connectivity index (χ0n) is 9.08. The Morgan fingerprint density at radius 3 is 2.76 bits per heavy atom. The highest BCUT2D eigenvalue weighted by molar-refractivity contribution is 9.10. The van der Waals surface area contributed by atoms with Gasteiger partial charge in [-0.25, -0.2) is 4.98 Å². The van der Waals surface area contributed by atoms with Crippen molar-refractivity contribution >= 4 is 33.8 Å². The Bertz CT molecular complexity index is 584. The van der Waals surface area contributed by atoms with Crippen LogP contribution in [0.15, 0.2) is 34.8 Å². The molecule has 0 saturated carbocycles. The minimum atomic E-state index is 0.446. The van der Waals surface area contributed by atoms with Crippen molar-refractivity contribution in [1.29, 1.82) is 0 Å². The highest BCUT2D eigenvalue weighted by Crippen LogP contribution is 2.26. The number of carbonyl (C=O) groups excluding carboxylic acids is 1. The molecule has 86 valence electrons. The van der Waals surface area contributed by atoms with Crippen molar-refractivity contribution in [3.63, 3.8) is 0 Å². The van der Waals surface area contributed by atoms with Gasteiger partial charge in [0.1, 0.15) is 5.15 Å². The van der Waals surface area contributed by atoms with Gasteiger partial charge in [-0.15, -0.1) is 0 Å². The summed E-state index contributed by atoms with van der Waals surface area (Å²) in [6.45, 7) is 1.96. The van der Waals surface area contributed by atoms with E-state index in [4.69, 9.17) is 11.6 Å². The molecule has 1 aromatic carbocycles. The topological polar surface area (TPSA) is 30.0 Å². The van der Waals surface area contributed by atoms with Crippen molar-refractivity contribution in [2.75, 3.05) is 0 Å². The molecule has 0 bridgehead atoms. The lowest BCUT2D eigenvalue weighted by atomic mass is 10.0. The molecule has 0 aliphatic heterocycles. The van der Waals surface area contributed by atoms with Gasteiger partial charge in [-0.1, -0.05) is 39.7 Å². The average Bonchev–Trinajstić information content (AvgIpc) is 2.33. The van der Waals surface area contributed by atoms with Crippen molar-refractivity contribution in [3.8, 4) is 11.3 Å².